The molecule has 164 valence electrons. The quantitative estimate of drug-likeness (QED) is 0.611. The molecule has 1 heterocycles. The van der Waals surface area contributed by atoms with Crippen molar-refractivity contribution in [3.8, 4) is 0 Å². The third kappa shape index (κ3) is 3.80. The van der Waals surface area contributed by atoms with Crippen molar-refractivity contribution in [2.24, 2.45) is 5.41 Å². The van der Waals surface area contributed by atoms with E-state index >= 15 is 4.39 Å². The summed E-state index contributed by atoms with van der Waals surface area (Å²) in [6.45, 7) is 3.25. The van der Waals surface area contributed by atoms with Crippen LogP contribution in [0.1, 0.15) is 56.6 Å². The lowest BCUT2D eigenvalue weighted by Gasteiger charge is -2.39. The van der Waals surface area contributed by atoms with E-state index < -0.39 is 11.6 Å². The Bertz CT molecular complexity index is 954. The molecular formula is C27H32FNO2. The standard InChI is InChI=1S/C27H32FNO2/c1-2-31-25(30)27(28)14-16-29(17-15-27)22-11-13-26(18-22)12-10-21-8-5-7-20-6-3-4-9-23(20)24(21)19-26/h3-6,8-10,12,22H,2,7,11,13-19H2,1H3. The molecule has 0 amide bonds. The van der Waals surface area contributed by atoms with Crippen molar-refractivity contribution in [2.75, 3.05) is 19.7 Å². The number of hydrogen-bond donors (Lipinski definition) is 0. The summed E-state index contributed by atoms with van der Waals surface area (Å²) in [6.07, 6.45) is 15.4. The van der Waals surface area contributed by atoms with Crippen LogP contribution in [0, 0.1) is 5.41 Å². The van der Waals surface area contributed by atoms with Crippen LogP contribution in [0.15, 0.2) is 54.1 Å². The van der Waals surface area contributed by atoms with E-state index in [1.54, 1.807) is 6.92 Å². The van der Waals surface area contributed by atoms with Gasteiger partial charge in [-0.1, -0.05) is 48.6 Å². The number of carbonyl (C=O) groups excluding carboxylic acids is 1. The maximum atomic E-state index is 15.0. The number of rotatable bonds is 3. The molecule has 1 aromatic rings. The van der Waals surface area contributed by atoms with Crippen LogP contribution in [0.25, 0.3) is 5.57 Å². The van der Waals surface area contributed by atoms with E-state index in [4.69, 9.17) is 4.74 Å². The molecular weight excluding hydrogens is 389 g/mol. The Morgan fingerprint density at radius 2 is 2.00 bits per heavy atom. The van der Waals surface area contributed by atoms with Gasteiger partial charge in [0.1, 0.15) is 0 Å². The zero-order chi connectivity index (χ0) is 21.5. The number of allylic oxidation sites excluding steroid dienone is 6. The highest BCUT2D eigenvalue weighted by Crippen LogP contribution is 2.52. The van der Waals surface area contributed by atoms with Crippen LogP contribution in [0.4, 0.5) is 4.39 Å². The van der Waals surface area contributed by atoms with Gasteiger partial charge in [-0.2, -0.15) is 0 Å². The minimum Gasteiger partial charge on any atom is -0.464 e. The van der Waals surface area contributed by atoms with Crippen LogP contribution >= 0.6 is 0 Å². The Hall–Kier alpha value is -2.20. The highest BCUT2D eigenvalue weighted by atomic mass is 19.1. The van der Waals surface area contributed by atoms with Crippen LogP contribution in [-0.2, 0) is 16.0 Å². The normalized spacial score (nSPS) is 29.5. The first-order valence-corrected chi connectivity index (χ1v) is 11.8. The van der Waals surface area contributed by atoms with Crippen molar-refractivity contribution in [3.63, 3.8) is 0 Å². The SMILES string of the molecule is CCOC(=O)C1(F)CCN(C2CCC3(C=CC4=C(C3)c3ccccc3CC=C4)C2)CC1. The number of likely N-dealkylation sites (tertiary alicyclic amines) is 1. The molecule has 0 aromatic heterocycles. The number of alkyl halides is 1. The lowest BCUT2D eigenvalue weighted by molar-refractivity contribution is -0.161. The minimum atomic E-state index is -1.80. The Morgan fingerprint density at radius 3 is 2.81 bits per heavy atom. The van der Waals surface area contributed by atoms with Crippen LogP contribution in [0.2, 0.25) is 0 Å². The van der Waals surface area contributed by atoms with Crippen molar-refractivity contribution >= 4 is 11.5 Å². The van der Waals surface area contributed by atoms with E-state index in [2.05, 4.69) is 53.5 Å². The number of fused-ring (bicyclic) bond motifs is 2. The number of esters is 1. The van der Waals surface area contributed by atoms with Gasteiger partial charge in [-0.25, -0.2) is 9.18 Å². The average Bonchev–Trinajstić information content (AvgIpc) is 3.09. The van der Waals surface area contributed by atoms with E-state index in [0.29, 0.717) is 19.1 Å². The molecule has 4 heteroatoms. The Balaban J connectivity index is 1.28. The zero-order valence-electron chi connectivity index (χ0n) is 18.4. The maximum Gasteiger partial charge on any atom is 0.343 e. The molecule has 31 heavy (non-hydrogen) atoms. The Morgan fingerprint density at radius 1 is 1.19 bits per heavy atom. The molecule has 3 aliphatic carbocycles. The van der Waals surface area contributed by atoms with Gasteiger partial charge in [0, 0.05) is 32.0 Å². The third-order valence-electron chi connectivity index (χ3n) is 7.84. The molecule has 1 saturated heterocycles. The molecule has 1 aliphatic heterocycles. The summed E-state index contributed by atoms with van der Waals surface area (Å²) in [5, 5.41) is 0. The van der Waals surface area contributed by atoms with E-state index in [0.717, 1.165) is 25.7 Å². The number of ether oxygens (including phenoxy) is 1. The van der Waals surface area contributed by atoms with Gasteiger partial charge in [-0.15, -0.1) is 0 Å². The fourth-order valence-electron chi connectivity index (χ4n) is 6.05. The molecule has 5 rings (SSSR count). The topological polar surface area (TPSA) is 29.5 Å². The molecule has 1 saturated carbocycles. The van der Waals surface area contributed by atoms with Gasteiger partial charge >= 0.3 is 5.97 Å². The number of piperidine rings is 1. The van der Waals surface area contributed by atoms with Crippen molar-refractivity contribution < 1.29 is 13.9 Å². The lowest BCUT2D eigenvalue weighted by atomic mass is 9.73. The number of nitrogens with zero attached hydrogens (tertiary/aromatic N) is 1. The predicted molar refractivity (Wildman–Crippen MR) is 121 cm³/mol. The van der Waals surface area contributed by atoms with Crippen LogP contribution in [0.3, 0.4) is 0 Å². The van der Waals surface area contributed by atoms with Gasteiger partial charge < -0.3 is 9.64 Å². The maximum absolute atomic E-state index is 15.0. The number of carbonyl (C=O) groups is 1. The smallest absolute Gasteiger partial charge is 0.343 e. The van der Waals surface area contributed by atoms with E-state index in [9.17, 15) is 4.79 Å². The van der Waals surface area contributed by atoms with Crippen molar-refractivity contribution in [1.29, 1.82) is 0 Å². The highest BCUT2D eigenvalue weighted by Gasteiger charge is 2.47. The summed E-state index contributed by atoms with van der Waals surface area (Å²) >= 11 is 0. The second-order valence-electron chi connectivity index (χ2n) is 9.69. The van der Waals surface area contributed by atoms with Gasteiger partial charge in [0.15, 0.2) is 0 Å². The molecule has 4 aliphatic rings. The first-order valence-electron chi connectivity index (χ1n) is 11.8. The summed E-state index contributed by atoms with van der Waals surface area (Å²) in [7, 11) is 0. The fraction of sp³-hybridized carbons (Fsp3) is 0.519. The number of hydrogen-bond acceptors (Lipinski definition) is 3. The van der Waals surface area contributed by atoms with Gasteiger partial charge in [-0.3, -0.25) is 0 Å². The molecule has 1 spiro atoms. The predicted octanol–water partition coefficient (Wildman–Crippen LogP) is 5.42. The zero-order valence-corrected chi connectivity index (χ0v) is 18.4. The second kappa shape index (κ2) is 8.05. The van der Waals surface area contributed by atoms with E-state index in [-0.39, 0.29) is 24.9 Å². The summed E-state index contributed by atoms with van der Waals surface area (Å²) in [5.74, 6) is -0.674. The number of halogens is 1. The average molecular weight is 422 g/mol. The van der Waals surface area contributed by atoms with Crippen molar-refractivity contribution in [1.82, 2.24) is 4.90 Å². The molecule has 0 N–H and O–H groups in total. The molecule has 3 nitrogen and oxygen atoms in total. The third-order valence-corrected chi connectivity index (χ3v) is 7.84. The van der Waals surface area contributed by atoms with E-state index in [1.165, 1.54) is 28.7 Å². The van der Waals surface area contributed by atoms with Crippen molar-refractivity contribution in [2.45, 2.75) is 63.6 Å². The van der Waals surface area contributed by atoms with Crippen LogP contribution in [-0.4, -0.2) is 42.3 Å². The fourth-order valence-corrected chi connectivity index (χ4v) is 6.05. The Labute approximate surface area is 184 Å². The Kier molecular flexibility index (Phi) is 5.37. The molecule has 2 fully saturated rings. The lowest BCUT2D eigenvalue weighted by Crippen LogP contribution is -2.50. The highest BCUT2D eigenvalue weighted by molar-refractivity contribution is 5.80. The van der Waals surface area contributed by atoms with Gasteiger partial charge in [0.05, 0.1) is 6.61 Å². The summed E-state index contributed by atoms with van der Waals surface area (Å²) in [5.41, 5.74) is 4.05. The molecule has 0 radical (unpaired) electrons. The van der Waals surface area contributed by atoms with Gasteiger partial charge in [-0.05, 0) is 66.7 Å². The van der Waals surface area contributed by atoms with Crippen molar-refractivity contribution in [3.05, 3.63) is 65.3 Å². The van der Waals surface area contributed by atoms with Gasteiger partial charge in [0.25, 0.3) is 0 Å². The molecule has 0 bridgehead atoms. The molecule has 1 aromatic carbocycles. The van der Waals surface area contributed by atoms with E-state index in [1.807, 2.05) is 0 Å². The molecule has 2 unspecified atom stereocenters. The number of benzene rings is 1. The first kappa shape index (κ1) is 20.7. The summed E-state index contributed by atoms with van der Waals surface area (Å²) in [6, 6.07) is 9.28. The van der Waals surface area contributed by atoms with Gasteiger partial charge in [0.2, 0.25) is 5.67 Å². The summed E-state index contributed by atoms with van der Waals surface area (Å²) < 4.78 is 20.0. The summed E-state index contributed by atoms with van der Waals surface area (Å²) in [4.78, 5) is 14.4. The van der Waals surface area contributed by atoms with Crippen LogP contribution < -0.4 is 0 Å². The largest absolute Gasteiger partial charge is 0.464 e. The van der Waals surface area contributed by atoms with Crippen LogP contribution in [0.5, 0.6) is 0 Å². The first-order chi connectivity index (χ1) is 15.0. The molecule has 2 atom stereocenters. The minimum absolute atomic E-state index is 0.195. The monoisotopic (exact) mass is 421 g/mol. The second-order valence-corrected chi connectivity index (χ2v) is 9.69.